The molecule has 3 N–H and O–H groups in total. The monoisotopic (exact) mass is 423 g/mol. The molecule has 3 rings (SSSR count). The van der Waals surface area contributed by atoms with Crippen LogP contribution in [0.25, 0.3) is 0 Å². The van der Waals surface area contributed by atoms with Crippen molar-refractivity contribution < 1.29 is 18.3 Å². The zero-order valence-corrected chi connectivity index (χ0v) is 16.4. The molecule has 0 spiro atoms. The second-order valence-corrected chi connectivity index (χ2v) is 8.24. The summed E-state index contributed by atoms with van der Waals surface area (Å²) in [5.74, 6) is 0.657. The number of nitrogens with one attached hydrogen (secondary N) is 2. The number of benzene rings is 2. The highest BCUT2D eigenvalue weighted by atomic mass is 35.5. The summed E-state index contributed by atoms with van der Waals surface area (Å²) in [6, 6.07) is 12.7. The summed E-state index contributed by atoms with van der Waals surface area (Å²) in [5, 5.41) is 10.3. The van der Waals surface area contributed by atoms with Gasteiger partial charge in [-0.15, -0.1) is 0 Å². The van der Waals surface area contributed by atoms with Crippen LogP contribution in [0.4, 0.5) is 0 Å². The average Bonchev–Trinajstić information content (AvgIpc) is 2.99. The molecule has 0 bridgehead atoms. The first-order valence-corrected chi connectivity index (χ1v) is 10.1. The summed E-state index contributed by atoms with van der Waals surface area (Å²) >= 11 is 5.83. The van der Waals surface area contributed by atoms with Gasteiger partial charge in [-0.25, -0.2) is 13.2 Å². The Balaban J connectivity index is 1.79. The van der Waals surface area contributed by atoms with Gasteiger partial charge in [0.2, 0.25) is 15.9 Å². The fourth-order valence-corrected chi connectivity index (χ4v) is 4.08. The van der Waals surface area contributed by atoms with Crippen LogP contribution in [0.1, 0.15) is 12.6 Å². The molecule has 148 valence electrons. The molecule has 0 atom stereocenters. The molecule has 0 aliphatic rings. The van der Waals surface area contributed by atoms with Crippen molar-refractivity contribution in [3.63, 3.8) is 0 Å². The fourth-order valence-electron chi connectivity index (χ4n) is 2.54. The summed E-state index contributed by atoms with van der Waals surface area (Å²) in [7, 11) is -3.84. The van der Waals surface area contributed by atoms with E-state index in [1.807, 2.05) is 0 Å². The molecule has 0 saturated heterocycles. The van der Waals surface area contributed by atoms with E-state index in [1.54, 1.807) is 43.3 Å². The first kappa shape index (κ1) is 20.0. The summed E-state index contributed by atoms with van der Waals surface area (Å²) in [6.45, 7) is 1.64. The molecule has 3 aromatic rings. The van der Waals surface area contributed by atoms with E-state index in [9.17, 15) is 18.3 Å². The molecular weight excluding hydrogens is 406 g/mol. The van der Waals surface area contributed by atoms with E-state index in [1.165, 1.54) is 12.1 Å². The van der Waals surface area contributed by atoms with Crippen LogP contribution in [-0.4, -0.2) is 34.3 Å². The van der Waals surface area contributed by atoms with Crippen LogP contribution in [0, 0.1) is 0 Å². The molecule has 0 fully saturated rings. The van der Waals surface area contributed by atoms with Crippen molar-refractivity contribution in [2.75, 3.05) is 6.54 Å². The van der Waals surface area contributed by atoms with Gasteiger partial charge in [-0.05, 0) is 48.5 Å². The van der Waals surface area contributed by atoms with Crippen molar-refractivity contribution in [2.24, 2.45) is 0 Å². The van der Waals surface area contributed by atoms with E-state index < -0.39 is 15.7 Å². The second-order valence-electron chi connectivity index (χ2n) is 5.86. The van der Waals surface area contributed by atoms with Gasteiger partial charge in [0.1, 0.15) is 11.5 Å². The van der Waals surface area contributed by atoms with Crippen LogP contribution in [0.5, 0.6) is 17.4 Å². The fraction of sp³-hybridized carbons (Fsp3) is 0.167. The van der Waals surface area contributed by atoms with Gasteiger partial charge in [-0.3, -0.25) is 4.98 Å². The van der Waals surface area contributed by atoms with Gasteiger partial charge >= 0.3 is 5.69 Å². The first-order valence-electron chi connectivity index (χ1n) is 8.33. The lowest BCUT2D eigenvalue weighted by Gasteiger charge is -2.20. The Kier molecular flexibility index (Phi) is 5.78. The zero-order chi connectivity index (χ0) is 20.3. The minimum absolute atomic E-state index is 0.0650. The number of H-pyrrole nitrogens is 2. The Bertz CT molecular complexity index is 1110. The third kappa shape index (κ3) is 4.38. The van der Waals surface area contributed by atoms with Crippen LogP contribution in [0.15, 0.2) is 58.2 Å². The number of aromatic hydroxyl groups is 1. The lowest BCUT2D eigenvalue weighted by Crippen LogP contribution is -2.30. The highest BCUT2D eigenvalue weighted by Gasteiger charge is 2.25. The molecule has 0 unspecified atom stereocenters. The number of aromatic amines is 2. The Morgan fingerprint density at radius 3 is 2.11 bits per heavy atom. The van der Waals surface area contributed by atoms with Crippen LogP contribution >= 0.6 is 11.6 Å². The average molecular weight is 424 g/mol. The Labute approximate surface area is 166 Å². The molecule has 0 saturated carbocycles. The van der Waals surface area contributed by atoms with Crippen LogP contribution in [-0.2, 0) is 16.6 Å². The maximum absolute atomic E-state index is 12.9. The second kappa shape index (κ2) is 8.09. The Morgan fingerprint density at radius 2 is 1.61 bits per heavy atom. The molecule has 1 heterocycles. The SMILES string of the molecule is CCN(Cc1[nH]c(=O)[nH]c1O)S(=O)(=O)c1ccc(Oc2ccc(Cl)cc2)cc1. The van der Waals surface area contributed by atoms with E-state index >= 15 is 0 Å². The number of rotatable bonds is 7. The largest absolute Gasteiger partial charge is 0.493 e. The van der Waals surface area contributed by atoms with Gasteiger partial charge in [-0.2, -0.15) is 4.31 Å². The number of nitrogens with zero attached hydrogens (tertiary/aromatic N) is 1. The maximum atomic E-state index is 12.9. The number of imidazole rings is 1. The van der Waals surface area contributed by atoms with Crippen LogP contribution in [0.3, 0.4) is 0 Å². The molecule has 2 aromatic carbocycles. The highest BCUT2D eigenvalue weighted by molar-refractivity contribution is 7.89. The van der Waals surface area contributed by atoms with Gasteiger partial charge < -0.3 is 14.8 Å². The molecular formula is C18H18ClN3O5S. The predicted octanol–water partition coefficient (Wildman–Crippen LogP) is 3.07. The number of hydrogen-bond donors (Lipinski definition) is 3. The summed E-state index contributed by atoms with van der Waals surface area (Å²) < 4.78 is 32.6. The molecule has 28 heavy (non-hydrogen) atoms. The minimum Gasteiger partial charge on any atom is -0.493 e. The Morgan fingerprint density at radius 1 is 1.04 bits per heavy atom. The van der Waals surface area contributed by atoms with Crippen LogP contribution < -0.4 is 10.4 Å². The maximum Gasteiger partial charge on any atom is 0.326 e. The highest BCUT2D eigenvalue weighted by Crippen LogP contribution is 2.26. The molecule has 0 aliphatic carbocycles. The van der Waals surface area contributed by atoms with Crippen molar-refractivity contribution in [1.29, 1.82) is 0 Å². The number of sulfonamides is 1. The Hall–Kier alpha value is -2.75. The topological polar surface area (TPSA) is 115 Å². The van der Waals surface area contributed by atoms with Crippen molar-refractivity contribution in [3.05, 3.63) is 69.7 Å². The molecule has 1 aromatic heterocycles. The van der Waals surface area contributed by atoms with Gasteiger partial charge in [0.25, 0.3) is 0 Å². The third-order valence-corrected chi connectivity index (χ3v) is 6.17. The van der Waals surface area contributed by atoms with Gasteiger partial charge in [0.05, 0.1) is 17.1 Å². The smallest absolute Gasteiger partial charge is 0.326 e. The zero-order valence-electron chi connectivity index (χ0n) is 14.8. The summed E-state index contributed by atoms with van der Waals surface area (Å²) in [6.07, 6.45) is 0. The summed E-state index contributed by atoms with van der Waals surface area (Å²) in [4.78, 5) is 15.8. The van der Waals surface area contributed by atoms with Crippen molar-refractivity contribution in [1.82, 2.24) is 14.3 Å². The standard InChI is InChI=1S/C18H18ClN3O5S/c1-2-22(11-16-17(23)21-18(24)20-16)28(25,26)15-9-7-14(8-10-15)27-13-5-3-12(19)4-6-13/h3-10,23H,2,11H2,1H3,(H2,20,21,24). The van der Waals surface area contributed by atoms with E-state index in [2.05, 4.69) is 9.97 Å². The summed E-state index contributed by atoms with van der Waals surface area (Å²) in [5.41, 5.74) is -0.511. The van der Waals surface area contributed by atoms with Gasteiger partial charge in [0.15, 0.2) is 0 Å². The third-order valence-electron chi connectivity index (χ3n) is 3.98. The lowest BCUT2D eigenvalue weighted by atomic mass is 10.3. The molecule has 0 amide bonds. The first-order chi connectivity index (χ1) is 13.3. The van der Waals surface area contributed by atoms with Crippen molar-refractivity contribution >= 4 is 21.6 Å². The predicted molar refractivity (Wildman–Crippen MR) is 104 cm³/mol. The molecule has 0 radical (unpaired) electrons. The lowest BCUT2D eigenvalue weighted by molar-refractivity contribution is 0.398. The van der Waals surface area contributed by atoms with Crippen LogP contribution in [0.2, 0.25) is 5.02 Å². The van der Waals surface area contributed by atoms with E-state index in [-0.39, 0.29) is 29.6 Å². The quantitative estimate of drug-likeness (QED) is 0.540. The number of ether oxygens (including phenoxy) is 1. The van der Waals surface area contributed by atoms with Crippen molar-refractivity contribution in [3.8, 4) is 17.4 Å². The van der Waals surface area contributed by atoms with E-state index in [0.29, 0.717) is 16.5 Å². The number of aromatic nitrogens is 2. The van der Waals surface area contributed by atoms with Gasteiger partial charge in [-0.1, -0.05) is 18.5 Å². The van der Waals surface area contributed by atoms with E-state index in [4.69, 9.17) is 16.3 Å². The van der Waals surface area contributed by atoms with Crippen molar-refractivity contribution in [2.45, 2.75) is 18.4 Å². The molecule has 8 nitrogen and oxygen atoms in total. The number of halogens is 1. The van der Waals surface area contributed by atoms with E-state index in [0.717, 1.165) is 4.31 Å². The molecule has 0 aliphatic heterocycles. The normalized spacial score (nSPS) is 11.7. The minimum atomic E-state index is -3.84. The van der Waals surface area contributed by atoms with Gasteiger partial charge in [0, 0.05) is 11.6 Å². The molecule has 10 heteroatoms. The number of hydrogen-bond acceptors (Lipinski definition) is 5.